The van der Waals surface area contributed by atoms with Crippen LogP contribution in [0, 0.1) is 11.8 Å². The van der Waals surface area contributed by atoms with Crippen molar-refractivity contribution < 1.29 is 4.79 Å². The van der Waals surface area contributed by atoms with Crippen molar-refractivity contribution in [3.05, 3.63) is 0 Å². The van der Waals surface area contributed by atoms with Crippen molar-refractivity contribution in [3.63, 3.8) is 0 Å². The van der Waals surface area contributed by atoms with E-state index in [9.17, 15) is 4.79 Å². The second-order valence-electron chi connectivity index (χ2n) is 4.45. The standard InChI is InChI=1S/C11H21NO/c1-4-9-5-6-10(7-9)11(13)12-8(2)3/h8-10H,4-7H2,1-3H3,(H,12,13)/t9-,10-/m1/s1. The summed E-state index contributed by atoms with van der Waals surface area (Å²) in [5.41, 5.74) is 0. The van der Waals surface area contributed by atoms with E-state index in [1.165, 1.54) is 12.8 Å². The molecule has 1 aliphatic rings. The van der Waals surface area contributed by atoms with Gasteiger partial charge in [0.1, 0.15) is 0 Å². The molecule has 0 aromatic carbocycles. The van der Waals surface area contributed by atoms with E-state index in [2.05, 4.69) is 12.2 Å². The lowest BCUT2D eigenvalue weighted by Gasteiger charge is -2.13. The van der Waals surface area contributed by atoms with Gasteiger partial charge in [0.2, 0.25) is 5.91 Å². The van der Waals surface area contributed by atoms with Gasteiger partial charge in [-0.2, -0.15) is 0 Å². The molecule has 13 heavy (non-hydrogen) atoms. The fraction of sp³-hybridized carbons (Fsp3) is 0.909. The van der Waals surface area contributed by atoms with Gasteiger partial charge in [-0.3, -0.25) is 4.79 Å². The highest BCUT2D eigenvalue weighted by Gasteiger charge is 2.28. The second kappa shape index (κ2) is 4.64. The Morgan fingerprint density at radius 3 is 2.62 bits per heavy atom. The first-order valence-corrected chi connectivity index (χ1v) is 5.43. The number of hydrogen-bond donors (Lipinski definition) is 1. The van der Waals surface area contributed by atoms with Crippen LogP contribution >= 0.6 is 0 Å². The summed E-state index contributed by atoms with van der Waals surface area (Å²) in [6.07, 6.45) is 4.67. The highest BCUT2D eigenvalue weighted by Crippen LogP contribution is 2.32. The molecular weight excluding hydrogens is 162 g/mol. The van der Waals surface area contributed by atoms with E-state index in [1.54, 1.807) is 0 Å². The van der Waals surface area contributed by atoms with Gasteiger partial charge in [0.05, 0.1) is 0 Å². The number of rotatable bonds is 3. The van der Waals surface area contributed by atoms with Crippen LogP contribution in [0.25, 0.3) is 0 Å². The second-order valence-corrected chi connectivity index (χ2v) is 4.45. The van der Waals surface area contributed by atoms with Gasteiger partial charge in [0.15, 0.2) is 0 Å². The van der Waals surface area contributed by atoms with E-state index in [0.29, 0.717) is 5.92 Å². The third-order valence-corrected chi connectivity index (χ3v) is 2.92. The minimum absolute atomic E-state index is 0.269. The van der Waals surface area contributed by atoms with Crippen LogP contribution in [0.3, 0.4) is 0 Å². The predicted molar refractivity (Wildman–Crippen MR) is 54.4 cm³/mol. The largest absolute Gasteiger partial charge is 0.354 e. The smallest absolute Gasteiger partial charge is 0.223 e. The Bertz CT molecular complexity index is 177. The molecule has 2 atom stereocenters. The number of amides is 1. The van der Waals surface area contributed by atoms with Gasteiger partial charge in [-0.1, -0.05) is 13.3 Å². The van der Waals surface area contributed by atoms with Crippen LogP contribution in [-0.4, -0.2) is 11.9 Å². The van der Waals surface area contributed by atoms with Gasteiger partial charge in [-0.25, -0.2) is 0 Å². The highest BCUT2D eigenvalue weighted by molar-refractivity contribution is 5.79. The number of nitrogens with one attached hydrogen (secondary N) is 1. The van der Waals surface area contributed by atoms with Crippen molar-refractivity contribution in [1.29, 1.82) is 0 Å². The van der Waals surface area contributed by atoms with Crippen LogP contribution in [0.2, 0.25) is 0 Å². The average Bonchev–Trinajstić information content (AvgIpc) is 2.50. The molecule has 76 valence electrons. The van der Waals surface area contributed by atoms with Crippen LogP contribution in [0.5, 0.6) is 0 Å². The SMILES string of the molecule is CC[C@@H]1CC[C@@H](C(=O)NC(C)C)C1. The molecular formula is C11H21NO. The molecule has 0 unspecified atom stereocenters. The van der Waals surface area contributed by atoms with Crippen LogP contribution < -0.4 is 5.32 Å². The van der Waals surface area contributed by atoms with Crippen LogP contribution in [0.1, 0.15) is 46.5 Å². The highest BCUT2D eigenvalue weighted by atomic mass is 16.1. The Morgan fingerprint density at radius 1 is 1.46 bits per heavy atom. The fourth-order valence-corrected chi connectivity index (χ4v) is 2.09. The van der Waals surface area contributed by atoms with Crippen molar-refractivity contribution in [3.8, 4) is 0 Å². The van der Waals surface area contributed by atoms with E-state index in [1.807, 2.05) is 13.8 Å². The van der Waals surface area contributed by atoms with Gasteiger partial charge in [0.25, 0.3) is 0 Å². The molecule has 0 bridgehead atoms. The van der Waals surface area contributed by atoms with Gasteiger partial charge in [-0.15, -0.1) is 0 Å². The Balaban J connectivity index is 2.33. The molecule has 0 saturated heterocycles. The third kappa shape index (κ3) is 3.02. The molecule has 1 fully saturated rings. The molecule has 0 aromatic heterocycles. The fourth-order valence-electron chi connectivity index (χ4n) is 2.09. The molecule has 1 N–H and O–H groups in total. The van der Waals surface area contributed by atoms with Gasteiger partial charge < -0.3 is 5.32 Å². The molecule has 0 aromatic rings. The monoisotopic (exact) mass is 183 g/mol. The summed E-state index contributed by atoms with van der Waals surface area (Å²) >= 11 is 0. The quantitative estimate of drug-likeness (QED) is 0.715. The molecule has 0 radical (unpaired) electrons. The van der Waals surface area contributed by atoms with E-state index in [0.717, 1.165) is 18.8 Å². The normalized spacial score (nSPS) is 28.0. The summed E-state index contributed by atoms with van der Waals surface area (Å²) in [6, 6.07) is 0.285. The minimum atomic E-state index is 0.269. The average molecular weight is 183 g/mol. The summed E-state index contributed by atoms with van der Waals surface area (Å²) in [5.74, 6) is 1.36. The van der Waals surface area contributed by atoms with Gasteiger partial charge in [0, 0.05) is 12.0 Å². The first kappa shape index (κ1) is 10.6. The molecule has 1 aliphatic carbocycles. The van der Waals surface area contributed by atoms with Gasteiger partial charge >= 0.3 is 0 Å². The topological polar surface area (TPSA) is 29.1 Å². The summed E-state index contributed by atoms with van der Waals surface area (Å²) < 4.78 is 0. The summed E-state index contributed by atoms with van der Waals surface area (Å²) in [5, 5.41) is 2.99. The Morgan fingerprint density at radius 2 is 2.15 bits per heavy atom. The maximum atomic E-state index is 11.6. The first-order valence-electron chi connectivity index (χ1n) is 5.43. The van der Waals surface area contributed by atoms with Gasteiger partial charge in [-0.05, 0) is 39.0 Å². The van der Waals surface area contributed by atoms with E-state index < -0.39 is 0 Å². The zero-order chi connectivity index (χ0) is 9.84. The number of hydrogen-bond acceptors (Lipinski definition) is 1. The Hall–Kier alpha value is -0.530. The van der Waals surface area contributed by atoms with Crippen LogP contribution in [0.4, 0.5) is 0 Å². The minimum Gasteiger partial charge on any atom is -0.354 e. The lowest BCUT2D eigenvalue weighted by molar-refractivity contribution is -0.125. The van der Waals surface area contributed by atoms with Crippen molar-refractivity contribution >= 4 is 5.91 Å². The molecule has 2 nitrogen and oxygen atoms in total. The molecule has 2 heteroatoms. The lowest BCUT2D eigenvalue weighted by Crippen LogP contribution is -2.34. The molecule has 1 saturated carbocycles. The zero-order valence-corrected chi connectivity index (χ0v) is 8.97. The zero-order valence-electron chi connectivity index (χ0n) is 8.97. The van der Waals surface area contributed by atoms with E-state index in [-0.39, 0.29) is 11.9 Å². The predicted octanol–water partition coefficient (Wildman–Crippen LogP) is 2.34. The molecule has 1 amide bonds. The molecule has 1 rings (SSSR count). The first-order chi connectivity index (χ1) is 6.13. The summed E-state index contributed by atoms with van der Waals surface area (Å²) in [6.45, 7) is 6.25. The maximum Gasteiger partial charge on any atom is 0.223 e. The van der Waals surface area contributed by atoms with Crippen molar-refractivity contribution in [2.45, 2.75) is 52.5 Å². The molecule has 0 aliphatic heterocycles. The molecule has 0 heterocycles. The number of carbonyl (C=O) groups is 1. The summed E-state index contributed by atoms with van der Waals surface area (Å²) in [4.78, 5) is 11.6. The molecule has 0 spiro atoms. The third-order valence-electron chi connectivity index (χ3n) is 2.92. The van der Waals surface area contributed by atoms with Crippen LogP contribution in [0.15, 0.2) is 0 Å². The van der Waals surface area contributed by atoms with E-state index >= 15 is 0 Å². The lowest BCUT2D eigenvalue weighted by atomic mass is 10.0. The Labute approximate surface area is 81.1 Å². The van der Waals surface area contributed by atoms with E-state index in [4.69, 9.17) is 0 Å². The van der Waals surface area contributed by atoms with Crippen molar-refractivity contribution in [2.75, 3.05) is 0 Å². The number of carbonyl (C=O) groups excluding carboxylic acids is 1. The maximum absolute atomic E-state index is 11.6. The van der Waals surface area contributed by atoms with Crippen molar-refractivity contribution in [2.24, 2.45) is 11.8 Å². The van der Waals surface area contributed by atoms with Crippen molar-refractivity contribution in [1.82, 2.24) is 5.32 Å². The Kier molecular flexibility index (Phi) is 3.76. The summed E-state index contributed by atoms with van der Waals surface area (Å²) in [7, 11) is 0. The van der Waals surface area contributed by atoms with Crippen LogP contribution in [-0.2, 0) is 4.79 Å².